The molecule has 0 saturated carbocycles. The summed E-state index contributed by atoms with van der Waals surface area (Å²) in [4.78, 5) is 12.5. The van der Waals surface area contributed by atoms with Crippen molar-refractivity contribution in [3.05, 3.63) is 48.6 Å². The highest BCUT2D eigenvalue weighted by Crippen LogP contribution is 2.15. The van der Waals surface area contributed by atoms with Crippen molar-refractivity contribution in [2.75, 3.05) is 6.61 Å². The van der Waals surface area contributed by atoms with Gasteiger partial charge in [-0.2, -0.15) is 0 Å². The lowest BCUT2D eigenvalue weighted by Gasteiger charge is -2.21. The Balaban J connectivity index is 3.71. The highest BCUT2D eigenvalue weighted by molar-refractivity contribution is 5.80. The minimum absolute atomic E-state index is 0.384. The first-order valence-corrected chi connectivity index (χ1v) is 24.5. The third-order valence-electron chi connectivity index (χ3n) is 11.1. The Morgan fingerprint density at radius 1 is 0.429 bits per heavy atom. The lowest BCUT2D eigenvalue weighted by atomic mass is 10.0. The normalized spacial score (nSPS) is 13.9. The predicted molar refractivity (Wildman–Crippen MR) is 245 cm³/mol. The Morgan fingerprint density at radius 3 is 1.09 bits per heavy atom. The summed E-state index contributed by atoms with van der Waals surface area (Å²) in [6.07, 6.45) is 60.1. The van der Waals surface area contributed by atoms with Crippen molar-refractivity contribution in [1.82, 2.24) is 5.32 Å². The Labute approximate surface area is 348 Å². The zero-order chi connectivity index (χ0) is 40.8. The molecule has 56 heavy (non-hydrogen) atoms. The van der Waals surface area contributed by atoms with Crippen molar-refractivity contribution < 1.29 is 20.1 Å². The number of carbonyl (C=O) groups excluding carboxylic acids is 1. The van der Waals surface area contributed by atoms with Gasteiger partial charge < -0.3 is 20.6 Å². The molecule has 5 heteroatoms. The fourth-order valence-electron chi connectivity index (χ4n) is 7.27. The third kappa shape index (κ3) is 40.5. The second-order valence-electron chi connectivity index (χ2n) is 16.6. The quantitative estimate of drug-likeness (QED) is 0.0366. The van der Waals surface area contributed by atoms with E-state index in [0.717, 1.165) is 44.9 Å². The summed E-state index contributed by atoms with van der Waals surface area (Å²) in [6, 6.07) is -0.824. The van der Waals surface area contributed by atoms with Crippen LogP contribution in [-0.4, -0.2) is 46.1 Å². The van der Waals surface area contributed by atoms with E-state index in [0.29, 0.717) is 6.42 Å². The maximum Gasteiger partial charge on any atom is 0.249 e. The standard InChI is InChI=1S/C51H95NO4/c1-3-5-7-9-11-13-15-17-19-21-23-25-26-28-30-32-34-36-38-40-42-44-46-50(55)51(56)52-48(47-53)49(54)45-43-41-39-37-35-33-31-29-27-24-22-20-18-16-14-12-10-8-6-4-2/h27-30,35,37,43,45,48-50,53-55H,3-26,31-34,36,38-42,44,46-47H2,1-2H3,(H,52,56)/b29-27+,30-28-,37-35+,45-43+. The van der Waals surface area contributed by atoms with E-state index in [1.165, 1.54) is 180 Å². The van der Waals surface area contributed by atoms with Crippen LogP contribution in [0.15, 0.2) is 48.6 Å². The summed E-state index contributed by atoms with van der Waals surface area (Å²) in [6.45, 7) is 4.18. The fraction of sp³-hybridized carbons (Fsp3) is 0.824. The zero-order valence-electron chi connectivity index (χ0n) is 37.3. The molecular weight excluding hydrogens is 691 g/mol. The van der Waals surface area contributed by atoms with Gasteiger partial charge in [0.2, 0.25) is 5.91 Å². The SMILES string of the molecule is CCCCCCCCCCCC/C=C/CC/C=C/CC/C=C/C(O)C(CO)NC(=O)C(O)CCCCCCCC/C=C\CCCCCCCCCCCCCC. The van der Waals surface area contributed by atoms with Crippen LogP contribution in [0.4, 0.5) is 0 Å². The summed E-state index contributed by atoms with van der Waals surface area (Å²) in [5.74, 6) is -0.521. The maximum absolute atomic E-state index is 12.5. The molecule has 0 aromatic carbocycles. The Hall–Kier alpha value is -1.69. The van der Waals surface area contributed by atoms with Crippen molar-refractivity contribution in [2.24, 2.45) is 0 Å². The van der Waals surface area contributed by atoms with Crippen LogP contribution in [0.25, 0.3) is 0 Å². The van der Waals surface area contributed by atoms with Crippen LogP contribution < -0.4 is 5.32 Å². The third-order valence-corrected chi connectivity index (χ3v) is 11.1. The average Bonchev–Trinajstić information content (AvgIpc) is 3.20. The number of hydrogen-bond acceptors (Lipinski definition) is 4. The number of nitrogens with one attached hydrogen (secondary N) is 1. The molecule has 0 aromatic heterocycles. The Bertz CT molecular complexity index is 912. The van der Waals surface area contributed by atoms with Gasteiger partial charge in [-0.1, -0.05) is 223 Å². The lowest BCUT2D eigenvalue weighted by molar-refractivity contribution is -0.131. The van der Waals surface area contributed by atoms with Gasteiger partial charge in [-0.3, -0.25) is 4.79 Å². The molecule has 0 fully saturated rings. The number of amides is 1. The highest BCUT2D eigenvalue weighted by Gasteiger charge is 2.22. The van der Waals surface area contributed by atoms with Gasteiger partial charge in [-0.25, -0.2) is 0 Å². The van der Waals surface area contributed by atoms with E-state index in [-0.39, 0.29) is 6.61 Å². The van der Waals surface area contributed by atoms with E-state index in [1.54, 1.807) is 6.08 Å². The molecule has 0 aromatic rings. The van der Waals surface area contributed by atoms with E-state index < -0.39 is 24.2 Å². The highest BCUT2D eigenvalue weighted by atomic mass is 16.3. The van der Waals surface area contributed by atoms with Gasteiger partial charge in [0.15, 0.2) is 0 Å². The van der Waals surface area contributed by atoms with Crippen molar-refractivity contribution in [3.63, 3.8) is 0 Å². The molecule has 4 N–H and O–H groups in total. The Kier molecular flexibility index (Phi) is 44.6. The van der Waals surface area contributed by atoms with E-state index in [4.69, 9.17) is 0 Å². The van der Waals surface area contributed by atoms with Gasteiger partial charge in [0.05, 0.1) is 18.8 Å². The molecule has 0 aliphatic rings. The summed E-state index contributed by atoms with van der Waals surface area (Å²) >= 11 is 0. The van der Waals surface area contributed by atoms with Crippen LogP contribution in [0, 0.1) is 0 Å². The van der Waals surface area contributed by atoms with Crippen LogP contribution in [0.5, 0.6) is 0 Å². The summed E-state index contributed by atoms with van der Waals surface area (Å²) in [7, 11) is 0. The largest absolute Gasteiger partial charge is 0.394 e. The Morgan fingerprint density at radius 2 is 0.732 bits per heavy atom. The minimum atomic E-state index is -1.12. The number of aliphatic hydroxyl groups is 3. The molecule has 0 rings (SSSR count). The molecule has 0 spiro atoms. The molecule has 328 valence electrons. The van der Waals surface area contributed by atoms with E-state index in [1.807, 2.05) is 6.08 Å². The van der Waals surface area contributed by atoms with Crippen LogP contribution in [0.3, 0.4) is 0 Å². The molecule has 0 saturated heterocycles. The van der Waals surface area contributed by atoms with Gasteiger partial charge in [0.1, 0.15) is 6.10 Å². The van der Waals surface area contributed by atoms with Crippen LogP contribution in [0.2, 0.25) is 0 Å². The van der Waals surface area contributed by atoms with Gasteiger partial charge in [0.25, 0.3) is 0 Å². The monoisotopic (exact) mass is 786 g/mol. The summed E-state index contributed by atoms with van der Waals surface area (Å²) < 4.78 is 0. The molecule has 0 radical (unpaired) electrons. The zero-order valence-corrected chi connectivity index (χ0v) is 37.3. The number of carbonyl (C=O) groups is 1. The second-order valence-corrected chi connectivity index (χ2v) is 16.6. The van der Waals surface area contributed by atoms with E-state index >= 15 is 0 Å². The summed E-state index contributed by atoms with van der Waals surface area (Å²) in [5, 5.41) is 33.2. The van der Waals surface area contributed by atoms with Crippen molar-refractivity contribution in [2.45, 2.75) is 263 Å². The van der Waals surface area contributed by atoms with E-state index in [2.05, 4.69) is 55.6 Å². The topological polar surface area (TPSA) is 89.8 Å². The second kappa shape index (κ2) is 46.0. The van der Waals surface area contributed by atoms with Gasteiger partial charge in [0, 0.05) is 0 Å². The molecule has 1 amide bonds. The molecule has 0 heterocycles. The molecule has 3 atom stereocenters. The van der Waals surface area contributed by atoms with Crippen molar-refractivity contribution in [1.29, 1.82) is 0 Å². The number of hydrogen-bond donors (Lipinski definition) is 4. The van der Waals surface area contributed by atoms with Gasteiger partial charge in [-0.15, -0.1) is 0 Å². The van der Waals surface area contributed by atoms with Crippen molar-refractivity contribution >= 4 is 5.91 Å². The molecule has 5 nitrogen and oxygen atoms in total. The number of aliphatic hydroxyl groups excluding tert-OH is 3. The molecule has 0 aliphatic heterocycles. The van der Waals surface area contributed by atoms with Crippen LogP contribution in [-0.2, 0) is 4.79 Å². The molecule has 3 unspecified atom stereocenters. The smallest absolute Gasteiger partial charge is 0.249 e. The first-order valence-electron chi connectivity index (χ1n) is 24.5. The van der Waals surface area contributed by atoms with Gasteiger partial charge in [-0.05, 0) is 70.6 Å². The number of rotatable bonds is 44. The predicted octanol–water partition coefficient (Wildman–Crippen LogP) is 14.5. The molecule has 0 bridgehead atoms. The van der Waals surface area contributed by atoms with Crippen molar-refractivity contribution in [3.8, 4) is 0 Å². The fourth-order valence-corrected chi connectivity index (χ4v) is 7.27. The summed E-state index contributed by atoms with van der Waals surface area (Å²) in [5.41, 5.74) is 0. The lowest BCUT2D eigenvalue weighted by Crippen LogP contribution is -2.48. The minimum Gasteiger partial charge on any atom is -0.394 e. The first-order chi connectivity index (χ1) is 27.6. The van der Waals surface area contributed by atoms with Crippen LogP contribution >= 0.6 is 0 Å². The number of allylic oxidation sites excluding steroid dienone is 7. The molecular formula is C51H95NO4. The van der Waals surface area contributed by atoms with Gasteiger partial charge >= 0.3 is 0 Å². The average molecular weight is 786 g/mol. The maximum atomic E-state index is 12.5. The van der Waals surface area contributed by atoms with Crippen LogP contribution in [0.1, 0.15) is 245 Å². The molecule has 0 aliphatic carbocycles. The number of unbranched alkanes of at least 4 members (excludes halogenated alkanes) is 30. The van der Waals surface area contributed by atoms with E-state index in [9.17, 15) is 20.1 Å². The first kappa shape index (κ1) is 54.3.